The van der Waals surface area contributed by atoms with Crippen LogP contribution in [0, 0.1) is 0 Å². The minimum Gasteiger partial charge on any atom is -0.507 e. The molecule has 0 heterocycles. The molecule has 5 nitrogen and oxygen atoms in total. The molecule has 53 heavy (non-hydrogen) atoms. The van der Waals surface area contributed by atoms with Gasteiger partial charge < -0.3 is 19.7 Å². The zero-order chi connectivity index (χ0) is 39.0. The van der Waals surface area contributed by atoms with Crippen molar-refractivity contribution in [2.24, 2.45) is 4.99 Å². The van der Waals surface area contributed by atoms with E-state index in [4.69, 9.17) is 14.5 Å². The third kappa shape index (κ3) is 10.4. The fourth-order valence-electron chi connectivity index (χ4n) is 6.65. The molecule has 0 saturated heterocycles. The van der Waals surface area contributed by atoms with Gasteiger partial charge >= 0.3 is 0 Å². The lowest BCUT2D eigenvalue weighted by molar-refractivity contribution is 0.0460. The number of hydrogen-bond donors (Lipinski definition) is 2. The van der Waals surface area contributed by atoms with Crippen LogP contribution in [0.1, 0.15) is 114 Å². The van der Waals surface area contributed by atoms with Gasteiger partial charge in [-0.2, -0.15) is 0 Å². The highest BCUT2D eigenvalue weighted by atomic mass is 28.3. The third-order valence-corrected chi connectivity index (χ3v) is 12.1. The molecule has 0 aliphatic rings. The Labute approximate surface area is 321 Å². The minimum absolute atomic E-state index is 0.187. The molecule has 0 fully saturated rings. The molecule has 0 aromatic heterocycles. The van der Waals surface area contributed by atoms with Gasteiger partial charge in [-0.25, -0.2) is 0 Å². The predicted octanol–water partition coefficient (Wildman–Crippen LogP) is 10.9. The van der Waals surface area contributed by atoms with Crippen LogP contribution in [0.3, 0.4) is 0 Å². The second kappa shape index (κ2) is 17.5. The summed E-state index contributed by atoms with van der Waals surface area (Å²) >= 11 is 0. The monoisotopic (exact) mass is 735 g/mol. The number of aliphatic hydroxyl groups is 1. The Morgan fingerprint density at radius 1 is 0.698 bits per heavy atom. The van der Waals surface area contributed by atoms with Crippen LogP contribution < -0.4 is 14.7 Å². The molecule has 4 rings (SSSR count). The fraction of sp³-hybridized carbons (Fsp3) is 0.468. The van der Waals surface area contributed by atoms with Gasteiger partial charge in [-0.3, -0.25) is 4.99 Å². The van der Waals surface area contributed by atoms with Gasteiger partial charge in [0.1, 0.15) is 22.8 Å². The lowest BCUT2D eigenvalue weighted by Crippen LogP contribution is -2.43. The largest absolute Gasteiger partial charge is 0.507 e. The standard InChI is InChI=1S/C47H65NO4Si/c1-12-14-28-51-41-26-24-35(45(3,4)5)31-38(41)47(50,39-32-36(46(6,7)8)25-27-42(39)52-29-15-13-2)44(30-34-20-17-16-18-21-34)48-33-37-40(49)22-19-23-43(37)53(9,10)11/h16-27,31-33,44,49-50H,12-15,28-30H2,1-11H3. The van der Waals surface area contributed by atoms with Crippen LogP contribution in [0.4, 0.5) is 0 Å². The summed E-state index contributed by atoms with van der Waals surface area (Å²) in [7, 11) is -1.90. The van der Waals surface area contributed by atoms with Crippen molar-refractivity contribution in [3.63, 3.8) is 0 Å². The van der Waals surface area contributed by atoms with Gasteiger partial charge in [0.05, 0.1) is 27.3 Å². The van der Waals surface area contributed by atoms with Crippen LogP contribution in [0.2, 0.25) is 19.6 Å². The van der Waals surface area contributed by atoms with E-state index in [1.165, 1.54) is 0 Å². The summed E-state index contributed by atoms with van der Waals surface area (Å²) in [4.78, 5) is 5.38. The number of rotatable bonds is 16. The van der Waals surface area contributed by atoms with E-state index in [9.17, 15) is 10.2 Å². The van der Waals surface area contributed by atoms with Crippen molar-refractivity contribution < 1.29 is 19.7 Å². The van der Waals surface area contributed by atoms with Gasteiger partial charge in [-0.05, 0) is 82.3 Å². The number of phenolic OH excluding ortho intramolecular Hbond substituents is 1. The molecular formula is C47H65NO4Si. The summed E-state index contributed by atoms with van der Waals surface area (Å²) in [5.41, 5.74) is 3.10. The number of phenols is 1. The second-order valence-corrected chi connectivity index (χ2v) is 22.6. The average Bonchev–Trinajstić information content (AvgIpc) is 3.09. The van der Waals surface area contributed by atoms with Crippen LogP contribution in [0.5, 0.6) is 17.2 Å². The first-order chi connectivity index (χ1) is 24.9. The van der Waals surface area contributed by atoms with E-state index in [-0.39, 0.29) is 16.6 Å². The van der Waals surface area contributed by atoms with Gasteiger partial charge in [0.15, 0.2) is 0 Å². The van der Waals surface area contributed by atoms with Gasteiger partial charge in [0.2, 0.25) is 0 Å². The van der Waals surface area contributed by atoms with Gasteiger partial charge in [-0.15, -0.1) is 0 Å². The smallest absolute Gasteiger partial charge is 0.144 e. The third-order valence-electron chi connectivity index (χ3n) is 10.1. The lowest BCUT2D eigenvalue weighted by atomic mass is 9.73. The molecule has 4 aromatic carbocycles. The number of aliphatic imine (C=N–C) groups is 1. The molecule has 0 aliphatic carbocycles. The molecule has 0 amide bonds. The number of hydrogen-bond acceptors (Lipinski definition) is 5. The normalized spacial score (nSPS) is 13.4. The van der Waals surface area contributed by atoms with E-state index in [1.54, 1.807) is 12.3 Å². The zero-order valence-electron chi connectivity index (χ0n) is 34.3. The van der Waals surface area contributed by atoms with E-state index in [2.05, 4.69) is 117 Å². The maximum atomic E-state index is 14.2. The highest BCUT2D eigenvalue weighted by molar-refractivity contribution is 6.89. The number of ether oxygens (including phenoxy) is 2. The minimum atomic E-state index is -1.90. The topological polar surface area (TPSA) is 71.3 Å². The summed E-state index contributed by atoms with van der Waals surface area (Å²) in [6, 6.07) is 27.8. The number of unbranched alkanes of at least 4 members (excludes halogenated alkanes) is 2. The van der Waals surface area contributed by atoms with Crippen molar-refractivity contribution in [2.45, 2.75) is 130 Å². The second-order valence-electron chi connectivity index (χ2n) is 17.6. The maximum absolute atomic E-state index is 14.2. The Morgan fingerprint density at radius 2 is 1.21 bits per heavy atom. The molecule has 0 saturated carbocycles. The summed E-state index contributed by atoms with van der Waals surface area (Å²) in [6.07, 6.45) is 5.99. The molecule has 0 bridgehead atoms. The summed E-state index contributed by atoms with van der Waals surface area (Å²) < 4.78 is 13.2. The van der Waals surface area contributed by atoms with Crippen molar-refractivity contribution >= 4 is 19.5 Å². The van der Waals surface area contributed by atoms with Crippen molar-refractivity contribution in [2.75, 3.05) is 13.2 Å². The van der Waals surface area contributed by atoms with Crippen LogP contribution in [-0.2, 0) is 22.9 Å². The molecule has 4 aromatic rings. The quantitative estimate of drug-likeness (QED) is 0.0683. The van der Waals surface area contributed by atoms with Crippen molar-refractivity contribution in [3.8, 4) is 17.2 Å². The molecule has 2 N–H and O–H groups in total. The summed E-state index contributed by atoms with van der Waals surface area (Å²) in [6.45, 7) is 25.3. The number of nitrogens with zero attached hydrogens (tertiary/aromatic N) is 1. The Hall–Kier alpha value is -3.87. The molecule has 286 valence electrons. The molecule has 1 unspecified atom stereocenters. The SMILES string of the molecule is CCCCOc1ccc(C(C)(C)C)cc1C(O)(c1cc(C(C)(C)C)ccc1OCCCC)C(Cc1ccccc1)N=Cc1c(O)cccc1[Si](C)(C)C. The van der Waals surface area contributed by atoms with Crippen molar-refractivity contribution in [3.05, 3.63) is 118 Å². The van der Waals surface area contributed by atoms with Crippen molar-refractivity contribution in [1.82, 2.24) is 0 Å². The Balaban J connectivity index is 2.18. The summed E-state index contributed by atoms with van der Waals surface area (Å²) in [5.74, 6) is 1.45. The highest BCUT2D eigenvalue weighted by Gasteiger charge is 2.46. The first-order valence-electron chi connectivity index (χ1n) is 19.6. The van der Waals surface area contributed by atoms with Gasteiger partial charge in [0, 0.05) is 22.9 Å². The van der Waals surface area contributed by atoms with E-state index in [1.807, 2.05) is 36.4 Å². The average molecular weight is 736 g/mol. The fourth-order valence-corrected chi connectivity index (χ4v) is 8.25. The predicted molar refractivity (Wildman–Crippen MR) is 227 cm³/mol. The van der Waals surface area contributed by atoms with Gasteiger partial charge in [-0.1, -0.05) is 142 Å². The molecule has 1 atom stereocenters. The maximum Gasteiger partial charge on any atom is 0.144 e. The molecule has 0 spiro atoms. The Morgan fingerprint density at radius 3 is 1.66 bits per heavy atom. The van der Waals surface area contributed by atoms with E-state index in [0.717, 1.165) is 47.6 Å². The van der Waals surface area contributed by atoms with Gasteiger partial charge in [0.25, 0.3) is 0 Å². The molecular weight excluding hydrogens is 671 g/mol. The van der Waals surface area contributed by atoms with Crippen molar-refractivity contribution in [1.29, 1.82) is 0 Å². The Bertz CT molecular complexity index is 1740. The first-order valence-corrected chi connectivity index (χ1v) is 23.1. The molecule has 0 radical (unpaired) electrons. The molecule has 0 aliphatic heterocycles. The zero-order valence-corrected chi connectivity index (χ0v) is 35.3. The van der Waals surface area contributed by atoms with E-state index in [0.29, 0.717) is 47.8 Å². The Kier molecular flexibility index (Phi) is 13.8. The number of aromatic hydroxyl groups is 1. The van der Waals surface area contributed by atoms with E-state index >= 15 is 0 Å². The number of benzene rings is 4. The van der Waals surface area contributed by atoms with E-state index < -0.39 is 19.7 Å². The first kappa shape index (κ1) is 41.9. The van der Waals surface area contributed by atoms with Crippen LogP contribution in [0.25, 0.3) is 0 Å². The van der Waals surface area contributed by atoms with Crippen LogP contribution >= 0.6 is 0 Å². The summed E-state index contributed by atoms with van der Waals surface area (Å²) in [5, 5.41) is 26.6. The highest BCUT2D eigenvalue weighted by Crippen LogP contribution is 2.47. The van der Waals surface area contributed by atoms with Crippen LogP contribution in [0.15, 0.2) is 89.9 Å². The van der Waals surface area contributed by atoms with Crippen LogP contribution in [-0.4, -0.2) is 43.8 Å². The molecule has 6 heteroatoms. The lowest BCUT2D eigenvalue weighted by Gasteiger charge is -2.39.